The number of nitrogens with zero attached hydrogens (tertiary/aromatic N) is 6. The highest BCUT2D eigenvalue weighted by atomic mass is 32.1. The van der Waals surface area contributed by atoms with Gasteiger partial charge in [0.1, 0.15) is 5.75 Å². The van der Waals surface area contributed by atoms with Crippen molar-refractivity contribution in [2.45, 2.75) is 20.4 Å². The van der Waals surface area contributed by atoms with Gasteiger partial charge in [-0.1, -0.05) is 41.7 Å². The summed E-state index contributed by atoms with van der Waals surface area (Å²) in [5.74, 6) is 0.915. The zero-order valence-electron chi connectivity index (χ0n) is 17.6. The number of ether oxygens (including phenoxy) is 1. The van der Waals surface area contributed by atoms with Gasteiger partial charge in [0.25, 0.3) is 11.7 Å². The normalized spacial score (nSPS) is 11.2. The van der Waals surface area contributed by atoms with Crippen molar-refractivity contribution in [1.29, 1.82) is 0 Å². The van der Waals surface area contributed by atoms with Crippen LogP contribution in [0, 0.1) is 6.92 Å². The van der Waals surface area contributed by atoms with E-state index in [1.807, 2.05) is 68.4 Å². The molecule has 3 aromatic heterocycles. The van der Waals surface area contributed by atoms with Crippen LogP contribution in [-0.4, -0.2) is 37.1 Å². The quantitative estimate of drug-likeness (QED) is 0.388. The highest BCUT2D eigenvalue weighted by Crippen LogP contribution is 2.33. The summed E-state index contributed by atoms with van der Waals surface area (Å²) in [6, 6.07) is 17.3. The number of carbonyl (C=O) groups excluding carboxylic acids is 1. The maximum atomic E-state index is 13.6. The molecule has 0 N–H and O–H groups in total. The summed E-state index contributed by atoms with van der Waals surface area (Å²) in [7, 11) is 0. The van der Waals surface area contributed by atoms with Gasteiger partial charge in [-0.3, -0.25) is 9.69 Å². The molecule has 0 unspecified atom stereocenters. The molecule has 0 fully saturated rings. The van der Waals surface area contributed by atoms with Crippen LogP contribution >= 0.6 is 11.3 Å². The Morgan fingerprint density at radius 1 is 1.12 bits per heavy atom. The Bertz CT molecular complexity index is 1410. The van der Waals surface area contributed by atoms with Crippen LogP contribution in [-0.2, 0) is 6.54 Å². The highest BCUT2D eigenvalue weighted by Gasteiger charge is 2.26. The SMILES string of the molecule is CCOc1ccc2nc(N(Cc3ccccc3)C(=O)c3nc4nccc(C)n4n3)sc2c1. The number of anilines is 1. The first-order chi connectivity index (χ1) is 15.6. The number of hydrogen-bond donors (Lipinski definition) is 0. The van der Waals surface area contributed by atoms with Crippen LogP contribution in [0.15, 0.2) is 60.8 Å². The molecule has 1 amide bonds. The predicted octanol–water partition coefficient (Wildman–Crippen LogP) is 4.29. The van der Waals surface area contributed by atoms with E-state index in [0.717, 1.165) is 27.2 Å². The molecule has 160 valence electrons. The Hall–Kier alpha value is -3.85. The minimum absolute atomic E-state index is 0.0805. The fraction of sp³-hybridized carbons (Fsp3) is 0.174. The number of hydrogen-bond acceptors (Lipinski definition) is 7. The second-order valence-corrected chi connectivity index (χ2v) is 8.18. The summed E-state index contributed by atoms with van der Waals surface area (Å²) in [6.07, 6.45) is 1.65. The molecule has 0 saturated carbocycles. The molecule has 3 heterocycles. The third-order valence-electron chi connectivity index (χ3n) is 4.94. The lowest BCUT2D eigenvalue weighted by Gasteiger charge is -2.18. The number of aromatic nitrogens is 5. The molecule has 0 aliphatic heterocycles. The van der Waals surface area contributed by atoms with Crippen molar-refractivity contribution >= 4 is 38.4 Å². The third-order valence-corrected chi connectivity index (χ3v) is 5.98. The second-order valence-electron chi connectivity index (χ2n) is 7.17. The number of benzene rings is 2. The van der Waals surface area contributed by atoms with E-state index in [1.54, 1.807) is 15.6 Å². The van der Waals surface area contributed by atoms with Crippen LogP contribution in [0.1, 0.15) is 28.8 Å². The van der Waals surface area contributed by atoms with E-state index in [4.69, 9.17) is 9.72 Å². The first kappa shape index (κ1) is 20.1. The van der Waals surface area contributed by atoms with E-state index in [9.17, 15) is 4.79 Å². The summed E-state index contributed by atoms with van der Waals surface area (Å²) in [5, 5.41) is 4.98. The lowest BCUT2D eigenvalue weighted by atomic mass is 10.2. The molecule has 0 saturated heterocycles. The lowest BCUT2D eigenvalue weighted by molar-refractivity contribution is 0.0975. The second kappa shape index (κ2) is 8.35. The Balaban J connectivity index is 1.57. The first-order valence-electron chi connectivity index (χ1n) is 10.2. The summed E-state index contributed by atoms with van der Waals surface area (Å²) in [5.41, 5.74) is 2.63. The monoisotopic (exact) mass is 444 g/mol. The average Bonchev–Trinajstić information content (AvgIpc) is 3.43. The van der Waals surface area contributed by atoms with Gasteiger partial charge in [-0.15, -0.1) is 5.10 Å². The molecule has 0 aliphatic carbocycles. The predicted molar refractivity (Wildman–Crippen MR) is 123 cm³/mol. The molecular formula is C23H20N6O2S. The molecule has 5 rings (SSSR count). The van der Waals surface area contributed by atoms with Gasteiger partial charge < -0.3 is 4.74 Å². The Labute approximate surface area is 188 Å². The van der Waals surface area contributed by atoms with Gasteiger partial charge in [-0.25, -0.2) is 14.5 Å². The van der Waals surface area contributed by atoms with Crippen LogP contribution in [0.3, 0.4) is 0 Å². The van der Waals surface area contributed by atoms with Gasteiger partial charge in [0.15, 0.2) is 5.13 Å². The summed E-state index contributed by atoms with van der Waals surface area (Å²) >= 11 is 1.43. The van der Waals surface area contributed by atoms with Gasteiger partial charge in [-0.05, 0) is 43.7 Å². The standard InChI is InChI=1S/C23H20N6O2S/c1-3-31-17-9-10-18-19(13-17)32-23(25-18)28(14-16-7-5-4-6-8-16)21(30)20-26-22-24-12-11-15(2)29(22)27-20/h4-13H,3,14H2,1-2H3. The fourth-order valence-electron chi connectivity index (χ4n) is 3.37. The number of thiazole rings is 1. The highest BCUT2D eigenvalue weighted by molar-refractivity contribution is 7.22. The topological polar surface area (TPSA) is 85.5 Å². The smallest absolute Gasteiger partial charge is 0.300 e. The summed E-state index contributed by atoms with van der Waals surface area (Å²) in [6.45, 7) is 4.77. The molecule has 8 nitrogen and oxygen atoms in total. The van der Waals surface area contributed by atoms with Crippen molar-refractivity contribution in [3.63, 3.8) is 0 Å². The molecule has 0 radical (unpaired) electrons. The van der Waals surface area contributed by atoms with Crippen LogP contribution in [0.5, 0.6) is 5.75 Å². The Kier molecular flexibility index (Phi) is 5.24. The molecule has 9 heteroatoms. The largest absolute Gasteiger partial charge is 0.494 e. The summed E-state index contributed by atoms with van der Waals surface area (Å²) in [4.78, 5) is 28.5. The van der Waals surface area contributed by atoms with Crippen LogP contribution in [0.4, 0.5) is 5.13 Å². The van der Waals surface area contributed by atoms with E-state index in [-0.39, 0.29) is 11.7 Å². The Morgan fingerprint density at radius 3 is 2.75 bits per heavy atom. The molecule has 5 aromatic rings. The van der Waals surface area contributed by atoms with Gasteiger partial charge in [0.2, 0.25) is 5.82 Å². The number of amides is 1. The molecule has 0 aliphatic rings. The van der Waals surface area contributed by atoms with Gasteiger partial charge in [-0.2, -0.15) is 4.98 Å². The lowest BCUT2D eigenvalue weighted by Crippen LogP contribution is -2.31. The third kappa shape index (κ3) is 3.78. The number of rotatable bonds is 6. The van der Waals surface area contributed by atoms with E-state index in [0.29, 0.717) is 24.1 Å². The maximum absolute atomic E-state index is 13.6. The van der Waals surface area contributed by atoms with Crippen molar-refractivity contribution in [3.8, 4) is 5.75 Å². The summed E-state index contributed by atoms with van der Waals surface area (Å²) < 4.78 is 8.12. The van der Waals surface area contributed by atoms with Gasteiger partial charge >= 0.3 is 0 Å². The van der Waals surface area contributed by atoms with Crippen molar-refractivity contribution in [2.24, 2.45) is 0 Å². The molecule has 2 aromatic carbocycles. The minimum atomic E-state index is -0.331. The van der Waals surface area contributed by atoms with E-state index < -0.39 is 0 Å². The van der Waals surface area contributed by atoms with Gasteiger partial charge in [0.05, 0.1) is 23.4 Å². The molecule has 0 bridgehead atoms. The molecule has 0 spiro atoms. The van der Waals surface area contributed by atoms with Crippen molar-refractivity contribution < 1.29 is 9.53 Å². The zero-order valence-corrected chi connectivity index (χ0v) is 18.4. The Morgan fingerprint density at radius 2 is 1.97 bits per heavy atom. The van der Waals surface area contributed by atoms with Crippen molar-refractivity contribution in [3.05, 3.63) is 77.9 Å². The fourth-order valence-corrected chi connectivity index (χ4v) is 4.37. The van der Waals surface area contributed by atoms with Crippen molar-refractivity contribution in [1.82, 2.24) is 24.6 Å². The molecule has 32 heavy (non-hydrogen) atoms. The van der Waals surface area contributed by atoms with Crippen LogP contribution in [0.25, 0.3) is 16.0 Å². The van der Waals surface area contributed by atoms with E-state index in [2.05, 4.69) is 15.1 Å². The average molecular weight is 445 g/mol. The first-order valence-corrected chi connectivity index (χ1v) is 11.0. The minimum Gasteiger partial charge on any atom is -0.494 e. The van der Waals surface area contributed by atoms with E-state index in [1.165, 1.54) is 11.3 Å². The number of aryl methyl sites for hydroxylation is 1. The van der Waals surface area contributed by atoms with E-state index >= 15 is 0 Å². The van der Waals surface area contributed by atoms with Crippen LogP contribution < -0.4 is 9.64 Å². The van der Waals surface area contributed by atoms with Gasteiger partial charge in [0, 0.05) is 11.9 Å². The zero-order chi connectivity index (χ0) is 22.1. The van der Waals surface area contributed by atoms with Crippen LogP contribution in [0.2, 0.25) is 0 Å². The maximum Gasteiger partial charge on any atom is 0.300 e. The molecular weight excluding hydrogens is 424 g/mol. The van der Waals surface area contributed by atoms with Crippen molar-refractivity contribution in [2.75, 3.05) is 11.5 Å². The number of carbonyl (C=O) groups is 1. The number of fused-ring (bicyclic) bond motifs is 2. The molecule has 0 atom stereocenters.